The van der Waals surface area contributed by atoms with E-state index in [1.54, 1.807) is 10.8 Å². The molecule has 6 nitrogen and oxygen atoms in total. The van der Waals surface area contributed by atoms with E-state index in [2.05, 4.69) is 11.5 Å². The quantitative estimate of drug-likeness (QED) is 0.301. The monoisotopic (exact) mass is 265 g/mol. The van der Waals surface area contributed by atoms with E-state index in [4.69, 9.17) is 0 Å². The number of aromatic nitrogens is 2. The van der Waals surface area contributed by atoms with Gasteiger partial charge in [0, 0.05) is 0 Å². The normalized spacial score (nSPS) is 10.2. The number of rotatable bonds is 5. The van der Waals surface area contributed by atoms with Crippen LogP contribution >= 0.6 is 7.82 Å². The van der Waals surface area contributed by atoms with Crippen molar-refractivity contribution < 1.29 is 82.7 Å². The molecule has 0 aliphatic carbocycles. The Bertz CT molecular complexity index is 341. The molecule has 0 spiro atoms. The molecule has 0 atom stereocenters. The summed E-state index contributed by atoms with van der Waals surface area (Å²) in [5.41, 5.74) is 0. The third-order valence-corrected chi connectivity index (χ3v) is 2.02. The van der Waals surface area contributed by atoms with E-state index < -0.39 is 7.82 Å². The summed E-state index contributed by atoms with van der Waals surface area (Å²) in [5, 5.41) is 0. The molecule has 0 N–H and O–H groups in total. The predicted octanol–water partition coefficient (Wildman–Crippen LogP) is -7.16. The van der Waals surface area contributed by atoms with Gasteiger partial charge in [-0.3, -0.25) is 0 Å². The van der Waals surface area contributed by atoms with Gasteiger partial charge in [-0.1, -0.05) is 13.3 Å². The molecule has 0 saturated heterocycles. The van der Waals surface area contributed by atoms with Gasteiger partial charge in [0.1, 0.15) is 6.20 Å². The van der Waals surface area contributed by atoms with Crippen molar-refractivity contribution in [3.8, 4) is 0 Å². The molecule has 0 bridgehead atoms. The second-order valence-electron chi connectivity index (χ2n) is 2.89. The molecule has 0 unspecified atom stereocenters. The van der Waals surface area contributed by atoms with Crippen LogP contribution < -0.4 is 78.1 Å². The van der Waals surface area contributed by atoms with Crippen LogP contribution in [0.4, 0.5) is 0 Å². The van der Waals surface area contributed by atoms with Crippen LogP contribution in [0, 0.1) is 0 Å². The molecule has 1 heterocycles. The van der Waals surface area contributed by atoms with Crippen molar-refractivity contribution in [1.29, 1.82) is 0 Å². The Morgan fingerprint density at radius 2 is 2.06 bits per heavy atom. The fourth-order valence-corrected chi connectivity index (χ4v) is 1.34. The van der Waals surface area contributed by atoms with Gasteiger partial charge in [-0.2, -0.15) is 0 Å². The van der Waals surface area contributed by atoms with Gasteiger partial charge in [-0.05, 0) is 11.2 Å². The van der Waals surface area contributed by atoms with Gasteiger partial charge in [0.15, 0.2) is 14.0 Å². The van der Waals surface area contributed by atoms with Gasteiger partial charge < -0.3 is 19.0 Å². The predicted molar refractivity (Wildman–Crippen MR) is 43.7 cm³/mol. The van der Waals surface area contributed by atoms with Gasteiger partial charge in [0.2, 0.25) is 0 Å². The van der Waals surface area contributed by atoms with Crippen LogP contribution in [0.2, 0.25) is 0 Å². The topological polar surface area (TPSA) is 81.2 Å². The maximum Gasteiger partial charge on any atom is 1.00 e. The van der Waals surface area contributed by atoms with Gasteiger partial charge in [-0.25, -0.2) is 4.57 Å². The molecule has 9 heteroatoms. The minimum absolute atomic E-state index is 0. The SMILES string of the molecule is CCCC[n+]1ccn(OP(=O)([O-])[O-])c1.[Na+].[Na+]. The summed E-state index contributed by atoms with van der Waals surface area (Å²) in [6, 6.07) is 0. The zero-order valence-corrected chi connectivity index (χ0v) is 14.7. The molecule has 0 radical (unpaired) electrons. The summed E-state index contributed by atoms with van der Waals surface area (Å²) in [4.78, 5) is 20.5. The fourth-order valence-electron chi connectivity index (χ4n) is 1.01. The summed E-state index contributed by atoms with van der Waals surface area (Å²) >= 11 is 0. The van der Waals surface area contributed by atoms with Crippen molar-refractivity contribution in [3.63, 3.8) is 0 Å². The first-order valence-corrected chi connectivity index (χ1v) is 5.76. The van der Waals surface area contributed by atoms with Crippen LogP contribution in [-0.2, 0) is 11.1 Å². The van der Waals surface area contributed by atoms with Crippen molar-refractivity contribution in [2.75, 3.05) is 0 Å². The molecular weight excluding hydrogens is 253 g/mol. The molecule has 1 rings (SSSR count). The summed E-state index contributed by atoms with van der Waals surface area (Å²) in [6.07, 6.45) is 6.46. The second-order valence-corrected chi connectivity index (χ2v) is 3.95. The summed E-state index contributed by atoms with van der Waals surface area (Å²) < 4.78 is 17.0. The Balaban J connectivity index is 0. The van der Waals surface area contributed by atoms with Crippen LogP contribution in [0.15, 0.2) is 18.7 Å². The zero-order valence-electron chi connectivity index (χ0n) is 9.83. The van der Waals surface area contributed by atoms with Gasteiger partial charge >= 0.3 is 59.1 Å². The molecule has 0 saturated carbocycles. The van der Waals surface area contributed by atoms with Gasteiger partial charge in [-0.15, -0.1) is 0 Å². The Kier molecular flexibility index (Phi) is 11.1. The largest absolute Gasteiger partial charge is 1.00 e. The number of phosphoric acid groups is 1. The molecule has 80 valence electrons. The van der Waals surface area contributed by atoms with Gasteiger partial charge in [0.25, 0.3) is 6.33 Å². The van der Waals surface area contributed by atoms with Crippen LogP contribution in [0.3, 0.4) is 0 Å². The Morgan fingerprint density at radius 3 is 2.56 bits per heavy atom. The molecule has 0 aromatic carbocycles. The third kappa shape index (κ3) is 8.28. The van der Waals surface area contributed by atoms with E-state index in [-0.39, 0.29) is 59.1 Å². The van der Waals surface area contributed by atoms with E-state index in [0.717, 1.165) is 24.1 Å². The summed E-state index contributed by atoms with van der Waals surface area (Å²) in [6.45, 7) is 2.83. The number of hydrogen-bond donors (Lipinski definition) is 0. The fraction of sp³-hybridized carbons (Fsp3) is 0.571. The third-order valence-electron chi connectivity index (χ3n) is 1.63. The van der Waals surface area contributed by atoms with E-state index in [9.17, 15) is 14.4 Å². The number of hydrogen-bond acceptors (Lipinski definition) is 4. The van der Waals surface area contributed by atoms with Crippen molar-refractivity contribution in [1.82, 2.24) is 4.73 Å². The minimum Gasteiger partial charge on any atom is -0.777 e. The van der Waals surface area contributed by atoms with Crippen LogP contribution in [0.5, 0.6) is 0 Å². The molecule has 0 amide bonds. The number of unbranched alkanes of at least 4 members (excludes halogenated alkanes) is 1. The Labute approximate surface area is 139 Å². The smallest absolute Gasteiger partial charge is 0.777 e. The minimum atomic E-state index is -4.95. The maximum atomic E-state index is 10.2. The second kappa shape index (κ2) is 9.14. The van der Waals surface area contributed by atoms with Crippen molar-refractivity contribution in [2.24, 2.45) is 0 Å². The standard InChI is InChI=1S/C7H13N2O4P.2Na/c1-2-3-4-8-5-6-9(7-8)13-14(10,11)12;;/h5-7H,2-4H2,1H3,(H-,10,11,12);;/q;2*+1/p-1. The Morgan fingerprint density at radius 1 is 1.44 bits per heavy atom. The van der Waals surface area contributed by atoms with E-state index >= 15 is 0 Å². The molecule has 0 aliphatic rings. The first-order valence-electron chi connectivity index (χ1n) is 4.30. The summed E-state index contributed by atoms with van der Waals surface area (Å²) in [7, 11) is -4.95. The van der Waals surface area contributed by atoms with Crippen molar-refractivity contribution in [3.05, 3.63) is 18.7 Å². The molecule has 1 aromatic rings. The first kappa shape index (κ1) is 19.5. The average molecular weight is 265 g/mol. The molecular formula is C7H12N2Na2O4P+. The van der Waals surface area contributed by atoms with Crippen LogP contribution in [0.1, 0.15) is 19.8 Å². The van der Waals surface area contributed by atoms with Gasteiger partial charge in [0.05, 0.1) is 6.54 Å². The van der Waals surface area contributed by atoms with Crippen LogP contribution in [-0.4, -0.2) is 4.73 Å². The molecule has 16 heavy (non-hydrogen) atoms. The van der Waals surface area contributed by atoms with E-state index in [1.165, 1.54) is 12.5 Å². The average Bonchev–Trinajstić information content (AvgIpc) is 2.46. The number of aryl methyl sites for hydroxylation is 1. The molecule has 0 fully saturated rings. The number of imidazole rings is 1. The number of nitrogens with zero attached hydrogens (tertiary/aromatic N) is 2. The van der Waals surface area contributed by atoms with Crippen molar-refractivity contribution in [2.45, 2.75) is 26.3 Å². The van der Waals surface area contributed by atoms with E-state index in [0.29, 0.717) is 0 Å². The summed E-state index contributed by atoms with van der Waals surface area (Å²) in [5.74, 6) is 0. The van der Waals surface area contributed by atoms with E-state index in [1.807, 2.05) is 0 Å². The zero-order chi connectivity index (χ0) is 10.6. The Hall–Kier alpha value is 1.16. The molecule has 0 aliphatic heterocycles. The maximum absolute atomic E-state index is 10.2. The van der Waals surface area contributed by atoms with Crippen molar-refractivity contribution >= 4 is 7.82 Å². The first-order chi connectivity index (χ1) is 6.51. The van der Waals surface area contributed by atoms with Crippen LogP contribution in [0.25, 0.3) is 0 Å². The molecule has 1 aromatic heterocycles.